The lowest BCUT2D eigenvalue weighted by molar-refractivity contribution is -0.155. The van der Waals surface area contributed by atoms with Crippen molar-refractivity contribution in [1.82, 2.24) is 4.90 Å². The molecule has 1 amide bonds. The normalized spacial score (nSPS) is 36.7. The minimum Gasteiger partial charge on any atom is -0.393 e. The average molecular weight is 313 g/mol. The Bertz CT molecular complexity index is 384. The first kappa shape index (κ1) is 15.6. The van der Waals surface area contributed by atoms with Crippen LogP contribution in [0.3, 0.4) is 0 Å². The zero-order valence-corrected chi connectivity index (χ0v) is 13.5. The van der Waals surface area contributed by atoms with Crippen molar-refractivity contribution < 1.29 is 15.0 Å². The highest BCUT2D eigenvalue weighted by Crippen LogP contribution is 2.37. The second kappa shape index (κ2) is 6.47. The van der Waals surface area contributed by atoms with Gasteiger partial charge in [-0.3, -0.25) is 4.79 Å². The molecule has 2 saturated heterocycles. The summed E-state index contributed by atoms with van der Waals surface area (Å²) in [5, 5.41) is 21.0. The molecule has 0 aromatic heterocycles. The number of aliphatic hydroxyl groups excluding tert-OH is 1. The number of nitrogens with zero attached hydrogens (tertiary/aromatic N) is 1. The van der Waals surface area contributed by atoms with E-state index < -0.39 is 5.60 Å². The van der Waals surface area contributed by atoms with E-state index in [1.807, 2.05) is 16.7 Å². The molecule has 4 nitrogen and oxygen atoms in total. The van der Waals surface area contributed by atoms with Gasteiger partial charge in [0.25, 0.3) is 5.91 Å². The molecule has 2 aliphatic heterocycles. The highest BCUT2D eigenvalue weighted by molar-refractivity contribution is 7.99. The Morgan fingerprint density at radius 2 is 1.81 bits per heavy atom. The molecule has 1 saturated carbocycles. The first-order valence-corrected chi connectivity index (χ1v) is 9.56. The molecule has 0 spiro atoms. The molecule has 0 aromatic carbocycles. The van der Waals surface area contributed by atoms with E-state index in [0.29, 0.717) is 12.8 Å². The molecule has 0 bridgehead atoms. The second-order valence-corrected chi connectivity index (χ2v) is 8.09. The lowest BCUT2D eigenvalue weighted by Crippen LogP contribution is -2.55. The van der Waals surface area contributed by atoms with Crippen molar-refractivity contribution in [2.75, 3.05) is 18.1 Å². The first-order valence-electron chi connectivity index (χ1n) is 8.41. The van der Waals surface area contributed by atoms with Gasteiger partial charge in [-0.2, -0.15) is 11.8 Å². The van der Waals surface area contributed by atoms with Gasteiger partial charge in [0.1, 0.15) is 5.60 Å². The van der Waals surface area contributed by atoms with Crippen molar-refractivity contribution in [3.63, 3.8) is 0 Å². The number of carbonyl (C=O) groups excluding carboxylic acids is 1. The third-order valence-electron chi connectivity index (χ3n) is 5.55. The summed E-state index contributed by atoms with van der Waals surface area (Å²) < 4.78 is 0. The highest BCUT2D eigenvalue weighted by atomic mass is 32.2. The molecule has 0 aromatic rings. The molecule has 1 aliphatic carbocycles. The van der Waals surface area contributed by atoms with E-state index in [-0.39, 0.29) is 24.0 Å². The van der Waals surface area contributed by atoms with Crippen LogP contribution in [-0.4, -0.2) is 56.8 Å². The van der Waals surface area contributed by atoms with Gasteiger partial charge >= 0.3 is 0 Å². The maximum atomic E-state index is 12.9. The van der Waals surface area contributed by atoms with Crippen molar-refractivity contribution >= 4 is 17.7 Å². The lowest BCUT2D eigenvalue weighted by atomic mass is 9.80. The quantitative estimate of drug-likeness (QED) is 0.816. The summed E-state index contributed by atoms with van der Waals surface area (Å²) in [4.78, 5) is 14.8. The number of thioether (sulfide) groups is 1. The Kier molecular flexibility index (Phi) is 4.81. The lowest BCUT2D eigenvalue weighted by Gasteiger charge is -2.41. The minimum atomic E-state index is -1.15. The van der Waals surface area contributed by atoms with E-state index in [0.717, 1.165) is 56.6 Å². The summed E-state index contributed by atoms with van der Waals surface area (Å²) in [6.07, 6.45) is 7.01. The average Bonchev–Trinajstić information content (AvgIpc) is 2.97. The van der Waals surface area contributed by atoms with Gasteiger partial charge in [0.05, 0.1) is 6.10 Å². The molecule has 2 heterocycles. The van der Waals surface area contributed by atoms with Crippen molar-refractivity contribution in [3.8, 4) is 0 Å². The van der Waals surface area contributed by atoms with E-state index in [4.69, 9.17) is 0 Å². The molecule has 3 atom stereocenters. The van der Waals surface area contributed by atoms with E-state index in [1.54, 1.807) is 0 Å². The Labute approximate surface area is 131 Å². The fraction of sp³-hybridized carbons (Fsp3) is 0.938. The Hall–Kier alpha value is -0.260. The van der Waals surface area contributed by atoms with Crippen LogP contribution in [0.1, 0.15) is 51.4 Å². The van der Waals surface area contributed by atoms with Crippen molar-refractivity contribution in [2.24, 2.45) is 5.92 Å². The largest absolute Gasteiger partial charge is 0.393 e. The summed E-state index contributed by atoms with van der Waals surface area (Å²) in [5.41, 5.74) is -1.15. The minimum absolute atomic E-state index is 0.0666. The van der Waals surface area contributed by atoms with Crippen LogP contribution in [0.25, 0.3) is 0 Å². The number of aliphatic hydroxyl groups is 2. The highest BCUT2D eigenvalue weighted by Gasteiger charge is 2.46. The zero-order valence-electron chi connectivity index (χ0n) is 12.7. The number of likely N-dealkylation sites (tertiary alicyclic amines) is 1. The molecule has 3 fully saturated rings. The number of hydrogen-bond donors (Lipinski definition) is 2. The van der Waals surface area contributed by atoms with Gasteiger partial charge in [-0.15, -0.1) is 0 Å². The molecule has 5 heteroatoms. The molecule has 21 heavy (non-hydrogen) atoms. The van der Waals surface area contributed by atoms with Crippen molar-refractivity contribution in [3.05, 3.63) is 0 Å². The van der Waals surface area contributed by atoms with Gasteiger partial charge in [0.2, 0.25) is 0 Å². The van der Waals surface area contributed by atoms with Crippen LogP contribution in [0.5, 0.6) is 0 Å². The summed E-state index contributed by atoms with van der Waals surface area (Å²) in [5.74, 6) is 1.88. The van der Waals surface area contributed by atoms with Gasteiger partial charge in [0, 0.05) is 18.5 Å². The molecule has 0 radical (unpaired) electrons. The SMILES string of the molecule is O=C(N1CCC[C@@H]1[C@H]1CCCC[C@@H]1O)C1(O)CCSCC1. The topological polar surface area (TPSA) is 60.8 Å². The summed E-state index contributed by atoms with van der Waals surface area (Å²) >= 11 is 1.82. The Morgan fingerprint density at radius 3 is 2.52 bits per heavy atom. The Balaban J connectivity index is 1.72. The van der Waals surface area contributed by atoms with Gasteiger partial charge in [-0.25, -0.2) is 0 Å². The standard InChI is InChI=1S/C16H27NO3S/c18-14-6-2-1-4-12(14)13-5-3-9-17(13)15(19)16(20)7-10-21-11-8-16/h12-14,18,20H,1-11H2/t12-,13-,14+/m1/s1. The number of carbonyl (C=O) groups is 1. The predicted molar refractivity (Wildman–Crippen MR) is 84.2 cm³/mol. The number of hydrogen-bond acceptors (Lipinski definition) is 4. The van der Waals surface area contributed by atoms with Crippen LogP contribution in [0.4, 0.5) is 0 Å². The molecule has 3 rings (SSSR count). The van der Waals surface area contributed by atoms with Gasteiger partial charge < -0.3 is 15.1 Å². The molecular formula is C16H27NO3S. The molecule has 2 N–H and O–H groups in total. The predicted octanol–water partition coefficient (Wildman–Crippen LogP) is 1.79. The van der Waals surface area contributed by atoms with E-state index in [9.17, 15) is 15.0 Å². The zero-order chi connectivity index (χ0) is 14.9. The molecule has 3 aliphatic rings. The van der Waals surface area contributed by atoms with Crippen LogP contribution in [0.2, 0.25) is 0 Å². The Morgan fingerprint density at radius 1 is 1.10 bits per heavy atom. The first-order chi connectivity index (χ1) is 10.1. The molecule has 120 valence electrons. The van der Waals surface area contributed by atoms with Crippen LogP contribution in [0.15, 0.2) is 0 Å². The fourth-order valence-electron chi connectivity index (χ4n) is 4.27. The van der Waals surface area contributed by atoms with Crippen LogP contribution < -0.4 is 0 Å². The monoisotopic (exact) mass is 313 g/mol. The number of rotatable bonds is 2. The van der Waals surface area contributed by atoms with Crippen LogP contribution in [-0.2, 0) is 4.79 Å². The second-order valence-electron chi connectivity index (χ2n) is 6.87. The van der Waals surface area contributed by atoms with Crippen molar-refractivity contribution in [2.45, 2.75) is 69.1 Å². The fourth-order valence-corrected chi connectivity index (χ4v) is 5.44. The van der Waals surface area contributed by atoms with E-state index in [1.165, 1.54) is 0 Å². The van der Waals surface area contributed by atoms with E-state index in [2.05, 4.69) is 0 Å². The summed E-state index contributed by atoms with van der Waals surface area (Å²) in [6, 6.07) is 0.145. The van der Waals surface area contributed by atoms with Gasteiger partial charge in [0.15, 0.2) is 0 Å². The third-order valence-corrected chi connectivity index (χ3v) is 6.54. The summed E-state index contributed by atoms with van der Waals surface area (Å²) in [7, 11) is 0. The van der Waals surface area contributed by atoms with Crippen LogP contribution >= 0.6 is 11.8 Å². The molecule has 0 unspecified atom stereocenters. The van der Waals surface area contributed by atoms with Gasteiger partial charge in [-0.1, -0.05) is 12.8 Å². The maximum Gasteiger partial charge on any atom is 0.254 e. The summed E-state index contributed by atoms with van der Waals surface area (Å²) in [6.45, 7) is 0.752. The number of amides is 1. The van der Waals surface area contributed by atoms with Crippen molar-refractivity contribution in [1.29, 1.82) is 0 Å². The maximum absolute atomic E-state index is 12.9. The smallest absolute Gasteiger partial charge is 0.254 e. The van der Waals surface area contributed by atoms with Gasteiger partial charge in [-0.05, 0) is 50.0 Å². The van der Waals surface area contributed by atoms with Crippen LogP contribution in [0, 0.1) is 5.92 Å². The molecular weight excluding hydrogens is 286 g/mol. The third kappa shape index (κ3) is 3.10. The van der Waals surface area contributed by atoms with E-state index >= 15 is 0 Å².